The molecule has 6 nitrogen and oxygen atoms in total. The summed E-state index contributed by atoms with van der Waals surface area (Å²) in [6.45, 7) is 8.28. The van der Waals surface area contributed by atoms with Crippen LogP contribution < -0.4 is 0 Å². The van der Waals surface area contributed by atoms with E-state index in [9.17, 15) is 5.11 Å². The minimum atomic E-state index is -0.924. The van der Waals surface area contributed by atoms with Gasteiger partial charge in [0.15, 0.2) is 0 Å². The van der Waals surface area contributed by atoms with E-state index < -0.39 is 5.60 Å². The molecule has 0 amide bonds. The average molecular weight is 304 g/mol. The number of furan rings is 1. The topological polar surface area (TPSA) is 67.3 Å². The van der Waals surface area contributed by atoms with Gasteiger partial charge in [0.05, 0.1) is 12.7 Å². The predicted molar refractivity (Wildman–Crippen MR) is 82.3 cm³/mol. The Hall–Kier alpha value is -1.66. The molecule has 3 heterocycles. The van der Waals surface area contributed by atoms with Crippen LogP contribution in [0.15, 0.2) is 22.7 Å². The van der Waals surface area contributed by atoms with Gasteiger partial charge in [-0.15, -0.1) is 5.10 Å². The van der Waals surface area contributed by atoms with Crippen molar-refractivity contribution in [1.82, 2.24) is 19.9 Å². The maximum absolute atomic E-state index is 11.0. The first kappa shape index (κ1) is 15.2. The van der Waals surface area contributed by atoms with Crippen LogP contribution in [0.4, 0.5) is 0 Å². The van der Waals surface area contributed by atoms with Crippen LogP contribution in [0.3, 0.4) is 0 Å². The molecule has 1 atom stereocenters. The van der Waals surface area contributed by atoms with E-state index in [-0.39, 0.29) is 6.04 Å². The molecule has 0 unspecified atom stereocenters. The van der Waals surface area contributed by atoms with Gasteiger partial charge in [-0.05, 0) is 52.3 Å². The molecule has 3 rings (SSSR count). The molecule has 1 aliphatic heterocycles. The molecule has 2 aromatic rings. The number of piperidine rings is 1. The van der Waals surface area contributed by atoms with Gasteiger partial charge in [0.1, 0.15) is 22.8 Å². The monoisotopic (exact) mass is 304 g/mol. The standard InChI is InChI=1S/C16H24N4O2/c1-12(2)20-10-15(17-18-20)16(21)7-4-8-19(11-16)9-14-6-5-13(3)22-14/h5-6,10,12,21H,4,7-9,11H2,1-3H3/t16-/m1/s1. The van der Waals surface area contributed by atoms with E-state index in [0.717, 1.165) is 30.9 Å². The largest absolute Gasteiger partial charge is 0.465 e. The lowest BCUT2D eigenvalue weighted by atomic mass is 9.90. The van der Waals surface area contributed by atoms with Crippen molar-refractivity contribution in [1.29, 1.82) is 0 Å². The highest BCUT2D eigenvalue weighted by Crippen LogP contribution is 2.31. The van der Waals surface area contributed by atoms with Crippen LogP contribution in [0, 0.1) is 6.92 Å². The maximum atomic E-state index is 11.0. The number of hydrogen-bond donors (Lipinski definition) is 1. The molecule has 6 heteroatoms. The van der Waals surface area contributed by atoms with Crippen molar-refractivity contribution in [2.24, 2.45) is 0 Å². The number of hydrogen-bond acceptors (Lipinski definition) is 5. The number of rotatable bonds is 4. The molecular weight excluding hydrogens is 280 g/mol. The van der Waals surface area contributed by atoms with Gasteiger partial charge in [-0.2, -0.15) is 0 Å². The van der Waals surface area contributed by atoms with Crippen molar-refractivity contribution in [3.8, 4) is 0 Å². The van der Waals surface area contributed by atoms with Crippen LogP contribution in [0.5, 0.6) is 0 Å². The zero-order valence-corrected chi connectivity index (χ0v) is 13.5. The van der Waals surface area contributed by atoms with Crippen molar-refractivity contribution < 1.29 is 9.52 Å². The van der Waals surface area contributed by atoms with E-state index in [1.54, 1.807) is 4.68 Å². The highest BCUT2D eigenvalue weighted by atomic mass is 16.3. The Labute approximate surface area is 130 Å². The summed E-state index contributed by atoms with van der Waals surface area (Å²) in [5.74, 6) is 1.86. The highest BCUT2D eigenvalue weighted by molar-refractivity contribution is 5.11. The molecule has 1 fully saturated rings. The average Bonchev–Trinajstić information content (AvgIpc) is 3.08. The van der Waals surface area contributed by atoms with E-state index in [4.69, 9.17) is 4.42 Å². The number of aromatic nitrogens is 3. The Bertz CT molecular complexity index is 634. The van der Waals surface area contributed by atoms with E-state index in [0.29, 0.717) is 18.8 Å². The Morgan fingerprint density at radius 3 is 2.86 bits per heavy atom. The molecule has 0 saturated carbocycles. The third kappa shape index (κ3) is 3.08. The summed E-state index contributed by atoms with van der Waals surface area (Å²) in [4.78, 5) is 2.22. The van der Waals surface area contributed by atoms with Gasteiger partial charge in [-0.25, -0.2) is 4.68 Å². The summed E-state index contributed by atoms with van der Waals surface area (Å²) in [6, 6.07) is 4.22. The summed E-state index contributed by atoms with van der Waals surface area (Å²) in [5.41, 5.74) is -0.256. The molecule has 22 heavy (non-hydrogen) atoms. The second kappa shape index (κ2) is 5.85. The fraction of sp³-hybridized carbons (Fsp3) is 0.625. The summed E-state index contributed by atoms with van der Waals surface area (Å²) in [6.07, 6.45) is 3.52. The molecule has 0 aromatic carbocycles. The Kier molecular flexibility index (Phi) is 4.06. The van der Waals surface area contributed by atoms with E-state index in [2.05, 4.69) is 29.1 Å². The lowest BCUT2D eigenvalue weighted by Gasteiger charge is -2.37. The van der Waals surface area contributed by atoms with Gasteiger partial charge in [0, 0.05) is 12.6 Å². The smallest absolute Gasteiger partial charge is 0.123 e. The molecule has 0 aliphatic carbocycles. The van der Waals surface area contributed by atoms with Crippen LogP contribution >= 0.6 is 0 Å². The van der Waals surface area contributed by atoms with Crippen LogP contribution in [0.2, 0.25) is 0 Å². The van der Waals surface area contributed by atoms with Crippen molar-refractivity contribution in [2.75, 3.05) is 13.1 Å². The number of β-amino-alcohol motifs (C(OH)–C–C–N with tert-alkyl or cyclic N) is 1. The van der Waals surface area contributed by atoms with Crippen LogP contribution in [0.25, 0.3) is 0 Å². The van der Waals surface area contributed by atoms with E-state index in [1.807, 2.05) is 25.3 Å². The normalized spacial score (nSPS) is 23.3. The number of nitrogens with zero attached hydrogens (tertiary/aromatic N) is 4. The molecule has 0 spiro atoms. The molecule has 1 saturated heterocycles. The predicted octanol–water partition coefficient (Wildman–Crippen LogP) is 2.24. The van der Waals surface area contributed by atoms with E-state index >= 15 is 0 Å². The van der Waals surface area contributed by atoms with Crippen LogP contribution in [0.1, 0.15) is 49.9 Å². The van der Waals surface area contributed by atoms with Gasteiger partial charge in [0.25, 0.3) is 0 Å². The number of aliphatic hydroxyl groups is 1. The maximum Gasteiger partial charge on any atom is 0.123 e. The number of likely N-dealkylation sites (tertiary alicyclic amines) is 1. The Morgan fingerprint density at radius 2 is 2.23 bits per heavy atom. The molecule has 0 radical (unpaired) electrons. The van der Waals surface area contributed by atoms with Crippen molar-refractivity contribution in [3.63, 3.8) is 0 Å². The third-order valence-corrected chi connectivity index (χ3v) is 4.24. The lowest BCUT2D eigenvalue weighted by molar-refractivity contribution is -0.0429. The summed E-state index contributed by atoms with van der Waals surface area (Å²) in [7, 11) is 0. The Balaban J connectivity index is 1.72. The van der Waals surface area contributed by atoms with Gasteiger partial charge in [-0.1, -0.05) is 5.21 Å². The first-order chi connectivity index (χ1) is 10.5. The van der Waals surface area contributed by atoms with Gasteiger partial charge >= 0.3 is 0 Å². The zero-order chi connectivity index (χ0) is 15.7. The first-order valence-corrected chi connectivity index (χ1v) is 7.89. The minimum Gasteiger partial charge on any atom is -0.465 e. The summed E-state index contributed by atoms with van der Waals surface area (Å²) >= 11 is 0. The van der Waals surface area contributed by atoms with Crippen LogP contribution in [-0.2, 0) is 12.1 Å². The fourth-order valence-corrected chi connectivity index (χ4v) is 3.00. The zero-order valence-electron chi connectivity index (χ0n) is 13.5. The molecule has 1 aliphatic rings. The highest BCUT2D eigenvalue weighted by Gasteiger charge is 2.37. The van der Waals surface area contributed by atoms with Crippen molar-refractivity contribution >= 4 is 0 Å². The second-order valence-corrected chi connectivity index (χ2v) is 6.54. The van der Waals surface area contributed by atoms with Gasteiger partial charge in [-0.3, -0.25) is 4.90 Å². The molecular formula is C16H24N4O2. The van der Waals surface area contributed by atoms with Gasteiger partial charge in [0.2, 0.25) is 0 Å². The van der Waals surface area contributed by atoms with E-state index in [1.165, 1.54) is 0 Å². The Morgan fingerprint density at radius 1 is 1.41 bits per heavy atom. The second-order valence-electron chi connectivity index (χ2n) is 6.54. The molecule has 120 valence electrons. The van der Waals surface area contributed by atoms with Gasteiger partial charge < -0.3 is 9.52 Å². The molecule has 1 N–H and O–H groups in total. The summed E-state index contributed by atoms with van der Waals surface area (Å²) in [5, 5.41) is 19.3. The lowest BCUT2D eigenvalue weighted by Crippen LogP contribution is -2.45. The number of aryl methyl sites for hydroxylation is 1. The van der Waals surface area contributed by atoms with Crippen molar-refractivity contribution in [2.45, 2.75) is 51.8 Å². The quantitative estimate of drug-likeness (QED) is 0.938. The molecule has 0 bridgehead atoms. The summed E-state index contributed by atoms with van der Waals surface area (Å²) < 4.78 is 7.43. The fourth-order valence-electron chi connectivity index (χ4n) is 3.00. The molecule has 2 aromatic heterocycles. The van der Waals surface area contributed by atoms with Crippen molar-refractivity contribution in [3.05, 3.63) is 35.5 Å². The SMILES string of the molecule is Cc1ccc(CN2CCC[C@](O)(c3cn(C(C)C)nn3)C2)o1. The minimum absolute atomic E-state index is 0.246. The first-order valence-electron chi connectivity index (χ1n) is 7.89. The van der Waals surface area contributed by atoms with Crippen LogP contribution in [-0.4, -0.2) is 38.1 Å². The third-order valence-electron chi connectivity index (χ3n) is 4.24.